The maximum absolute atomic E-state index is 12.4. The van der Waals surface area contributed by atoms with Crippen molar-refractivity contribution in [1.82, 2.24) is 25.6 Å². The maximum Gasteiger partial charge on any atom is 0.290 e. The van der Waals surface area contributed by atoms with E-state index >= 15 is 0 Å². The smallest absolute Gasteiger partial charge is 0.290 e. The largest absolute Gasteiger partial charge is 0.347 e. The Morgan fingerprint density at radius 3 is 2.57 bits per heavy atom. The van der Waals surface area contributed by atoms with Crippen LogP contribution in [-0.2, 0) is 11.3 Å². The van der Waals surface area contributed by atoms with E-state index in [1.54, 1.807) is 24.3 Å². The van der Waals surface area contributed by atoms with Gasteiger partial charge < -0.3 is 4.57 Å². The minimum absolute atomic E-state index is 0.0342. The highest BCUT2D eigenvalue weighted by atomic mass is 16.2. The summed E-state index contributed by atoms with van der Waals surface area (Å²) < 4.78 is 1.98. The molecule has 2 amide bonds. The zero-order valence-corrected chi connectivity index (χ0v) is 14.8. The molecule has 0 spiro atoms. The molecule has 8 nitrogen and oxygen atoms in total. The van der Waals surface area contributed by atoms with Gasteiger partial charge in [-0.25, -0.2) is 5.10 Å². The first-order valence-electron chi connectivity index (χ1n) is 8.74. The van der Waals surface area contributed by atoms with Gasteiger partial charge in [0.1, 0.15) is 0 Å². The highest BCUT2D eigenvalue weighted by molar-refractivity contribution is 6.05. The molecular weight excluding hydrogens is 358 g/mol. The molecular formula is C20H17N5O3. The molecule has 0 atom stereocenters. The second-order valence-corrected chi connectivity index (χ2v) is 6.27. The Morgan fingerprint density at radius 2 is 1.71 bits per heavy atom. The van der Waals surface area contributed by atoms with Crippen LogP contribution in [0.1, 0.15) is 16.9 Å². The lowest BCUT2D eigenvalue weighted by atomic mass is 10.1. The number of aromatic nitrogens is 3. The molecule has 2 aromatic heterocycles. The van der Waals surface area contributed by atoms with E-state index in [1.165, 1.54) is 0 Å². The van der Waals surface area contributed by atoms with Crippen molar-refractivity contribution in [2.24, 2.45) is 0 Å². The van der Waals surface area contributed by atoms with Crippen LogP contribution < -0.4 is 16.4 Å². The Balaban J connectivity index is 1.39. The average Bonchev–Trinajstić information content (AvgIpc) is 3.14. The van der Waals surface area contributed by atoms with E-state index in [-0.39, 0.29) is 23.6 Å². The van der Waals surface area contributed by atoms with Crippen molar-refractivity contribution in [3.63, 3.8) is 0 Å². The summed E-state index contributed by atoms with van der Waals surface area (Å²) in [6, 6.07) is 16.5. The molecule has 2 aromatic carbocycles. The SMILES string of the molecule is O=C(CCn1ccc2ccccc21)NNC(=O)c1n[nH]c(=O)c2ccccc12. The number of carbonyl (C=O) groups is 2. The van der Waals surface area contributed by atoms with Crippen LogP contribution in [0.2, 0.25) is 0 Å². The minimum Gasteiger partial charge on any atom is -0.347 e. The normalized spacial score (nSPS) is 10.9. The summed E-state index contributed by atoms with van der Waals surface area (Å²) in [5, 5.41) is 7.96. The number of aryl methyl sites for hydroxylation is 1. The molecule has 0 aliphatic heterocycles. The predicted octanol–water partition coefficient (Wildman–Crippen LogP) is 1.73. The first-order valence-corrected chi connectivity index (χ1v) is 8.74. The van der Waals surface area contributed by atoms with Crippen LogP contribution in [0, 0.1) is 0 Å². The van der Waals surface area contributed by atoms with Crippen LogP contribution in [-0.4, -0.2) is 26.6 Å². The fourth-order valence-corrected chi connectivity index (χ4v) is 3.09. The number of amides is 2. The van der Waals surface area contributed by atoms with Gasteiger partial charge in [0, 0.05) is 30.1 Å². The van der Waals surface area contributed by atoms with E-state index in [4.69, 9.17) is 0 Å². The molecule has 28 heavy (non-hydrogen) atoms. The lowest BCUT2D eigenvalue weighted by molar-refractivity contribution is -0.122. The van der Waals surface area contributed by atoms with Crippen LogP contribution in [0.3, 0.4) is 0 Å². The molecule has 2 heterocycles. The number of para-hydroxylation sites is 1. The number of carbonyl (C=O) groups excluding carboxylic acids is 2. The number of H-pyrrole nitrogens is 1. The van der Waals surface area contributed by atoms with E-state index in [0.29, 0.717) is 17.3 Å². The lowest BCUT2D eigenvalue weighted by Crippen LogP contribution is -2.42. The van der Waals surface area contributed by atoms with Gasteiger partial charge >= 0.3 is 0 Å². The summed E-state index contributed by atoms with van der Waals surface area (Å²) in [6.45, 7) is 0.481. The van der Waals surface area contributed by atoms with E-state index in [2.05, 4.69) is 21.0 Å². The summed E-state index contributed by atoms with van der Waals surface area (Å²) in [6.07, 6.45) is 2.12. The monoisotopic (exact) mass is 375 g/mol. The summed E-state index contributed by atoms with van der Waals surface area (Å²) >= 11 is 0. The number of benzene rings is 2. The van der Waals surface area contributed by atoms with Crippen molar-refractivity contribution < 1.29 is 9.59 Å². The molecule has 0 unspecified atom stereocenters. The van der Waals surface area contributed by atoms with Crippen molar-refractivity contribution in [1.29, 1.82) is 0 Å². The van der Waals surface area contributed by atoms with Gasteiger partial charge in [0.25, 0.3) is 11.5 Å². The third kappa shape index (κ3) is 3.35. The first kappa shape index (κ1) is 17.5. The standard InChI is InChI=1S/C20H17N5O3/c26-17(10-12-25-11-9-13-5-1-4-8-16(13)25)21-24-20(28)18-14-6-2-3-7-15(14)19(27)23-22-18/h1-9,11H,10,12H2,(H,21,26)(H,23,27)(H,24,28). The topological polar surface area (TPSA) is 109 Å². The fourth-order valence-electron chi connectivity index (χ4n) is 3.09. The minimum atomic E-state index is -0.604. The molecule has 0 aliphatic rings. The molecule has 0 radical (unpaired) electrons. The van der Waals surface area contributed by atoms with E-state index in [1.807, 2.05) is 41.1 Å². The third-order valence-corrected chi connectivity index (χ3v) is 4.49. The average molecular weight is 375 g/mol. The number of nitrogens with zero attached hydrogens (tertiary/aromatic N) is 2. The number of hydrazine groups is 1. The molecule has 0 fully saturated rings. The third-order valence-electron chi connectivity index (χ3n) is 4.49. The quantitative estimate of drug-likeness (QED) is 0.472. The molecule has 0 saturated heterocycles. The molecule has 0 bridgehead atoms. The summed E-state index contributed by atoms with van der Waals surface area (Å²) in [5.74, 6) is -0.938. The molecule has 3 N–H and O–H groups in total. The Kier molecular flexibility index (Phi) is 4.59. The summed E-state index contributed by atoms with van der Waals surface area (Å²) in [7, 11) is 0. The molecule has 4 rings (SSSR count). The number of hydrogen-bond donors (Lipinski definition) is 3. The Hall–Kier alpha value is -3.94. The van der Waals surface area contributed by atoms with Gasteiger partial charge in [-0.1, -0.05) is 36.4 Å². The molecule has 0 saturated carbocycles. The van der Waals surface area contributed by atoms with Crippen LogP contribution in [0.25, 0.3) is 21.7 Å². The van der Waals surface area contributed by atoms with Gasteiger partial charge in [-0.15, -0.1) is 0 Å². The fraction of sp³-hybridized carbons (Fsp3) is 0.100. The zero-order chi connectivity index (χ0) is 19.5. The van der Waals surface area contributed by atoms with E-state index in [9.17, 15) is 14.4 Å². The van der Waals surface area contributed by atoms with Crippen LogP contribution >= 0.6 is 0 Å². The van der Waals surface area contributed by atoms with Gasteiger partial charge in [-0.05, 0) is 23.6 Å². The molecule has 140 valence electrons. The Labute approximate surface area is 159 Å². The molecule has 8 heteroatoms. The highest BCUT2D eigenvalue weighted by Crippen LogP contribution is 2.15. The van der Waals surface area contributed by atoms with Crippen molar-refractivity contribution in [3.8, 4) is 0 Å². The van der Waals surface area contributed by atoms with E-state index < -0.39 is 5.91 Å². The van der Waals surface area contributed by atoms with E-state index in [0.717, 1.165) is 10.9 Å². The van der Waals surface area contributed by atoms with Crippen molar-refractivity contribution in [2.45, 2.75) is 13.0 Å². The first-order chi connectivity index (χ1) is 13.6. The van der Waals surface area contributed by atoms with Gasteiger partial charge in [0.05, 0.1) is 5.39 Å². The maximum atomic E-state index is 12.4. The number of rotatable bonds is 4. The molecule has 4 aromatic rings. The van der Waals surface area contributed by atoms with Gasteiger partial charge in [-0.3, -0.25) is 25.2 Å². The number of fused-ring (bicyclic) bond motifs is 2. The van der Waals surface area contributed by atoms with Crippen LogP contribution in [0.4, 0.5) is 0 Å². The number of hydrogen-bond acceptors (Lipinski definition) is 4. The second-order valence-electron chi connectivity index (χ2n) is 6.27. The van der Waals surface area contributed by atoms with Crippen LogP contribution in [0.15, 0.2) is 65.6 Å². The van der Waals surface area contributed by atoms with Crippen LogP contribution in [0.5, 0.6) is 0 Å². The number of nitrogens with one attached hydrogen (secondary N) is 3. The summed E-state index contributed by atoms with van der Waals surface area (Å²) in [4.78, 5) is 36.3. The highest BCUT2D eigenvalue weighted by Gasteiger charge is 2.14. The Bertz CT molecular complexity index is 1240. The van der Waals surface area contributed by atoms with Gasteiger partial charge in [0.15, 0.2) is 5.69 Å². The van der Waals surface area contributed by atoms with Crippen molar-refractivity contribution in [3.05, 3.63) is 76.8 Å². The van der Waals surface area contributed by atoms with Gasteiger partial charge in [0.2, 0.25) is 5.91 Å². The Morgan fingerprint density at radius 1 is 0.964 bits per heavy atom. The van der Waals surface area contributed by atoms with Crippen molar-refractivity contribution >= 4 is 33.5 Å². The van der Waals surface area contributed by atoms with Crippen molar-refractivity contribution in [2.75, 3.05) is 0 Å². The zero-order valence-electron chi connectivity index (χ0n) is 14.8. The second kappa shape index (κ2) is 7.36. The number of aromatic amines is 1. The summed E-state index contributed by atoms with van der Waals surface area (Å²) in [5.41, 5.74) is 5.43. The molecule has 0 aliphatic carbocycles. The predicted molar refractivity (Wildman–Crippen MR) is 105 cm³/mol. The lowest BCUT2D eigenvalue weighted by Gasteiger charge is -2.09. The van der Waals surface area contributed by atoms with Gasteiger partial charge in [-0.2, -0.15) is 5.10 Å².